The maximum Gasteiger partial charge on any atom is 0.350 e. The number of benzene rings is 2. The Balaban J connectivity index is 1.83. The molecule has 1 aliphatic rings. The number of esters is 1. The number of nitriles is 1. The normalized spacial score (nSPS) is 14.8. The minimum Gasteiger partial charge on any atom is -0.497 e. The van der Waals surface area contributed by atoms with Crippen molar-refractivity contribution in [3.05, 3.63) is 71.3 Å². The van der Waals surface area contributed by atoms with Crippen molar-refractivity contribution in [2.24, 2.45) is 0 Å². The Hall–Kier alpha value is -3.59. The molecular formula is C23H22N2O4. The van der Waals surface area contributed by atoms with Crippen LogP contribution < -0.4 is 4.74 Å². The first kappa shape index (κ1) is 20.2. The van der Waals surface area contributed by atoms with Gasteiger partial charge in [0.05, 0.1) is 7.11 Å². The zero-order valence-electron chi connectivity index (χ0n) is 16.2. The average Bonchev–Trinajstić information content (AvgIpc) is 3.31. The summed E-state index contributed by atoms with van der Waals surface area (Å²) < 4.78 is 10.6. The summed E-state index contributed by atoms with van der Waals surface area (Å²) in [4.78, 5) is 27.3. The molecule has 1 fully saturated rings. The van der Waals surface area contributed by atoms with Crippen molar-refractivity contribution < 1.29 is 19.1 Å². The third kappa shape index (κ3) is 5.02. The molecule has 29 heavy (non-hydrogen) atoms. The number of rotatable bonds is 6. The first-order valence-corrected chi connectivity index (χ1v) is 9.43. The Morgan fingerprint density at radius 2 is 1.72 bits per heavy atom. The first-order chi connectivity index (χ1) is 14.1. The van der Waals surface area contributed by atoms with Crippen LogP contribution in [0.5, 0.6) is 5.75 Å². The summed E-state index contributed by atoms with van der Waals surface area (Å²) in [5.74, 6) is -0.419. The fraction of sp³-hybridized carbons (Fsp3) is 0.261. The van der Waals surface area contributed by atoms with Crippen molar-refractivity contribution in [1.29, 1.82) is 5.26 Å². The Morgan fingerprint density at radius 3 is 2.31 bits per heavy atom. The van der Waals surface area contributed by atoms with Gasteiger partial charge in [0.1, 0.15) is 17.4 Å². The smallest absolute Gasteiger partial charge is 0.350 e. The average molecular weight is 390 g/mol. The second-order valence-corrected chi connectivity index (χ2v) is 6.67. The minimum atomic E-state index is -1.07. The number of amides is 1. The second-order valence-electron chi connectivity index (χ2n) is 6.67. The maximum atomic E-state index is 13.0. The molecule has 1 atom stereocenters. The van der Waals surface area contributed by atoms with Gasteiger partial charge < -0.3 is 14.4 Å². The van der Waals surface area contributed by atoms with Crippen LogP contribution in [0.3, 0.4) is 0 Å². The third-order valence-electron chi connectivity index (χ3n) is 4.74. The highest BCUT2D eigenvalue weighted by atomic mass is 16.5. The van der Waals surface area contributed by atoms with Gasteiger partial charge in [-0.05, 0) is 36.6 Å². The molecule has 0 N–H and O–H groups in total. The number of carbonyl (C=O) groups excluding carboxylic acids is 2. The molecule has 0 bridgehead atoms. The van der Waals surface area contributed by atoms with E-state index in [1.165, 1.54) is 6.08 Å². The molecule has 6 nitrogen and oxygen atoms in total. The van der Waals surface area contributed by atoms with Gasteiger partial charge in [0.15, 0.2) is 0 Å². The minimum absolute atomic E-state index is 0.176. The van der Waals surface area contributed by atoms with Crippen LogP contribution >= 0.6 is 0 Å². The first-order valence-electron chi connectivity index (χ1n) is 9.43. The van der Waals surface area contributed by atoms with Crippen LogP contribution in [0.1, 0.15) is 30.1 Å². The van der Waals surface area contributed by atoms with Crippen LogP contribution in [0.15, 0.2) is 60.2 Å². The zero-order chi connectivity index (χ0) is 20.6. The largest absolute Gasteiger partial charge is 0.497 e. The lowest BCUT2D eigenvalue weighted by molar-refractivity contribution is -0.157. The molecule has 6 heteroatoms. The van der Waals surface area contributed by atoms with Crippen molar-refractivity contribution >= 4 is 18.0 Å². The van der Waals surface area contributed by atoms with Crippen molar-refractivity contribution in [3.8, 4) is 11.8 Å². The van der Waals surface area contributed by atoms with Gasteiger partial charge in [-0.3, -0.25) is 4.79 Å². The van der Waals surface area contributed by atoms with E-state index < -0.39 is 12.1 Å². The standard InChI is InChI=1S/C23H22N2O4/c1-28-20-11-9-17(10-12-20)15-19(16-24)23(27)29-21(18-7-3-2-4-8-18)22(26)25-13-5-6-14-25/h2-4,7-12,15,21H,5-6,13-14H2,1H3/b19-15+/t21-/m1/s1. The number of likely N-dealkylation sites (tertiary alicyclic amines) is 1. The van der Waals surface area contributed by atoms with Crippen molar-refractivity contribution in [2.45, 2.75) is 18.9 Å². The summed E-state index contributed by atoms with van der Waals surface area (Å²) in [7, 11) is 1.56. The van der Waals surface area contributed by atoms with E-state index >= 15 is 0 Å². The predicted octanol–water partition coefficient (Wildman–Crippen LogP) is 3.51. The van der Waals surface area contributed by atoms with Gasteiger partial charge in [-0.25, -0.2) is 4.79 Å². The lowest BCUT2D eigenvalue weighted by Crippen LogP contribution is -2.35. The van der Waals surface area contributed by atoms with Crippen molar-refractivity contribution in [3.63, 3.8) is 0 Å². The molecule has 0 aliphatic carbocycles. The number of hydrogen-bond donors (Lipinski definition) is 0. The Kier molecular flexibility index (Phi) is 6.64. The molecule has 0 spiro atoms. The van der Waals surface area contributed by atoms with E-state index in [-0.39, 0.29) is 11.5 Å². The van der Waals surface area contributed by atoms with Crippen LogP contribution in [-0.2, 0) is 14.3 Å². The van der Waals surface area contributed by atoms with Crippen LogP contribution in [0.4, 0.5) is 0 Å². The molecule has 1 aliphatic heterocycles. The highest BCUT2D eigenvalue weighted by molar-refractivity contribution is 5.99. The highest BCUT2D eigenvalue weighted by Crippen LogP contribution is 2.24. The van der Waals surface area contributed by atoms with Gasteiger partial charge in [-0.2, -0.15) is 5.26 Å². The Morgan fingerprint density at radius 1 is 1.07 bits per heavy atom. The van der Waals surface area contributed by atoms with Gasteiger partial charge in [-0.1, -0.05) is 42.5 Å². The number of nitrogens with zero attached hydrogens (tertiary/aromatic N) is 2. The van der Waals surface area contributed by atoms with E-state index in [0.29, 0.717) is 30.0 Å². The van der Waals surface area contributed by atoms with E-state index in [9.17, 15) is 14.9 Å². The van der Waals surface area contributed by atoms with Gasteiger partial charge in [0, 0.05) is 18.7 Å². The number of carbonyl (C=O) groups is 2. The summed E-state index contributed by atoms with van der Waals surface area (Å²) in [6.45, 7) is 1.29. The van der Waals surface area contributed by atoms with E-state index in [1.54, 1.807) is 60.5 Å². The van der Waals surface area contributed by atoms with Crippen molar-refractivity contribution in [1.82, 2.24) is 4.90 Å². The summed E-state index contributed by atoms with van der Waals surface area (Å²) >= 11 is 0. The SMILES string of the molecule is COc1ccc(/C=C(\C#N)C(=O)O[C@@H](C(=O)N2CCCC2)c2ccccc2)cc1. The van der Waals surface area contributed by atoms with E-state index in [4.69, 9.17) is 9.47 Å². The molecule has 1 amide bonds. The lowest BCUT2D eigenvalue weighted by atomic mass is 10.1. The van der Waals surface area contributed by atoms with Crippen LogP contribution in [0, 0.1) is 11.3 Å². The Bertz CT molecular complexity index is 924. The molecule has 2 aromatic rings. The molecule has 0 aromatic heterocycles. The molecule has 1 saturated heterocycles. The second kappa shape index (κ2) is 9.56. The molecule has 1 heterocycles. The molecule has 2 aromatic carbocycles. The number of ether oxygens (including phenoxy) is 2. The number of methoxy groups -OCH3 is 1. The quantitative estimate of drug-likeness (QED) is 0.428. The summed E-state index contributed by atoms with van der Waals surface area (Å²) in [5.41, 5.74) is 1.06. The molecule has 0 unspecified atom stereocenters. The van der Waals surface area contributed by atoms with E-state index in [0.717, 1.165) is 12.8 Å². The Labute approximate surface area is 170 Å². The number of hydrogen-bond acceptors (Lipinski definition) is 5. The fourth-order valence-electron chi connectivity index (χ4n) is 3.17. The molecular weight excluding hydrogens is 368 g/mol. The van der Waals surface area contributed by atoms with Gasteiger partial charge in [0.2, 0.25) is 6.10 Å². The summed E-state index contributed by atoms with van der Waals surface area (Å²) in [6, 6.07) is 17.7. The molecule has 0 saturated carbocycles. The van der Waals surface area contributed by atoms with Crippen LogP contribution in [0.25, 0.3) is 6.08 Å². The predicted molar refractivity (Wildman–Crippen MR) is 108 cm³/mol. The third-order valence-corrected chi connectivity index (χ3v) is 4.74. The zero-order valence-corrected chi connectivity index (χ0v) is 16.2. The topological polar surface area (TPSA) is 79.6 Å². The molecule has 3 rings (SSSR count). The molecule has 148 valence electrons. The fourth-order valence-corrected chi connectivity index (χ4v) is 3.17. The molecule has 0 radical (unpaired) electrons. The van der Waals surface area contributed by atoms with Crippen molar-refractivity contribution in [2.75, 3.05) is 20.2 Å². The summed E-state index contributed by atoms with van der Waals surface area (Å²) in [6.07, 6.45) is 2.23. The highest BCUT2D eigenvalue weighted by Gasteiger charge is 2.31. The summed E-state index contributed by atoms with van der Waals surface area (Å²) in [5, 5.41) is 9.45. The lowest BCUT2D eigenvalue weighted by Gasteiger charge is -2.23. The van der Waals surface area contributed by atoms with Crippen LogP contribution in [0.2, 0.25) is 0 Å². The van der Waals surface area contributed by atoms with Gasteiger partial charge >= 0.3 is 5.97 Å². The van der Waals surface area contributed by atoms with Gasteiger partial charge in [0.25, 0.3) is 5.91 Å². The van der Waals surface area contributed by atoms with E-state index in [2.05, 4.69) is 0 Å². The van der Waals surface area contributed by atoms with Gasteiger partial charge in [-0.15, -0.1) is 0 Å². The monoisotopic (exact) mass is 390 g/mol. The maximum absolute atomic E-state index is 13.0. The van der Waals surface area contributed by atoms with E-state index in [1.807, 2.05) is 12.1 Å². The van der Waals surface area contributed by atoms with Crippen LogP contribution in [-0.4, -0.2) is 37.0 Å².